The van der Waals surface area contributed by atoms with Crippen molar-refractivity contribution in [2.24, 2.45) is 5.73 Å². The van der Waals surface area contributed by atoms with E-state index in [-0.39, 0.29) is 6.04 Å². The van der Waals surface area contributed by atoms with Crippen LogP contribution in [0.5, 0.6) is 5.75 Å². The Balaban J connectivity index is 2.81. The molecule has 0 bridgehead atoms. The molecule has 1 aromatic carbocycles. The molecule has 2 rings (SSSR count). The summed E-state index contributed by atoms with van der Waals surface area (Å²) in [7, 11) is 1.71. The molecule has 0 radical (unpaired) electrons. The van der Waals surface area contributed by atoms with Crippen LogP contribution in [0, 0.1) is 0 Å². The first-order chi connectivity index (χ1) is 8.06. The smallest absolute Gasteiger partial charge is 0.143 e. The van der Waals surface area contributed by atoms with E-state index in [9.17, 15) is 0 Å². The van der Waals surface area contributed by atoms with E-state index in [1.165, 1.54) is 10.9 Å². The van der Waals surface area contributed by atoms with E-state index >= 15 is 0 Å². The molecule has 1 atom stereocenters. The van der Waals surface area contributed by atoms with Gasteiger partial charge in [0.1, 0.15) is 5.75 Å². The highest BCUT2D eigenvalue weighted by Crippen LogP contribution is 2.33. The summed E-state index contributed by atoms with van der Waals surface area (Å²) in [4.78, 5) is 0. The molecule has 17 heavy (non-hydrogen) atoms. The van der Waals surface area contributed by atoms with Crippen molar-refractivity contribution in [3.8, 4) is 5.75 Å². The third-order valence-corrected chi connectivity index (χ3v) is 3.11. The lowest BCUT2D eigenvalue weighted by Gasteiger charge is -2.11. The average molecular weight is 232 g/mol. The average Bonchev–Trinajstić information content (AvgIpc) is 2.68. The molecule has 2 aromatic rings. The standard InChI is InChI=1S/C14H20N2O/c1-9(2)16-8-12(10(3)15)11-6-5-7-13(17-4)14(11)16/h5-10H,15H2,1-4H3. The number of methoxy groups -OCH3 is 1. The van der Waals surface area contributed by atoms with Gasteiger partial charge in [-0.25, -0.2) is 0 Å². The Hall–Kier alpha value is -1.48. The molecule has 0 amide bonds. The lowest BCUT2D eigenvalue weighted by atomic mass is 10.1. The van der Waals surface area contributed by atoms with E-state index in [4.69, 9.17) is 10.5 Å². The first-order valence-corrected chi connectivity index (χ1v) is 5.99. The Kier molecular flexibility index (Phi) is 3.11. The maximum Gasteiger partial charge on any atom is 0.143 e. The SMILES string of the molecule is COc1cccc2c(C(C)N)cn(C(C)C)c12. The van der Waals surface area contributed by atoms with Crippen molar-refractivity contribution in [3.63, 3.8) is 0 Å². The van der Waals surface area contributed by atoms with Crippen molar-refractivity contribution in [3.05, 3.63) is 30.0 Å². The van der Waals surface area contributed by atoms with Crippen LogP contribution in [0.2, 0.25) is 0 Å². The second kappa shape index (κ2) is 4.41. The van der Waals surface area contributed by atoms with Crippen LogP contribution in [0.4, 0.5) is 0 Å². The zero-order valence-corrected chi connectivity index (χ0v) is 10.9. The number of benzene rings is 1. The molecule has 1 unspecified atom stereocenters. The second-order valence-corrected chi connectivity index (χ2v) is 4.73. The van der Waals surface area contributed by atoms with E-state index in [1.54, 1.807) is 7.11 Å². The molecule has 0 saturated carbocycles. The normalized spacial score (nSPS) is 13.3. The first kappa shape index (κ1) is 12.0. The molecule has 92 valence electrons. The molecular formula is C14H20N2O. The van der Waals surface area contributed by atoms with Crippen molar-refractivity contribution in [1.29, 1.82) is 0 Å². The van der Waals surface area contributed by atoms with Crippen LogP contribution >= 0.6 is 0 Å². The summed E-state index contributed by atoms with van der Waals surface area (Å²) < 4.78 is 7.68. The van der Waals surface area contributed by atoms with Crippen LogP contribution < -0.4 is 10.5 Å². The number of hydrogen-bond donors (Lipinski definition) is 1. The molecule has 1 aromatic heterocycles. The minimum absolute atomic E-state index is 0.0320. The molecule has 0 aliphatic rings. The summed E-state index contributed by atoms with van der Waals surface area (Å²) >= 11 is 0. The third-order valence-electron chi connectivity index (χ3n) is 3.11. The molecule has 0 aliphatic carbocycles. The van der Waals surface area contributed by atoms with Gasteiger partial charge in [0.15, 0.2) is 0 Å². The predicted octanol–water partition coefficient (Wildman–Crippen LogP) is 3.25. The molecule has 0 spiro atoms. The number of hydrogen-bond acceptors (Lipinski definition) is 2. The van der Waals surface area contributed by atoms with E-state index in [0.717, 1.165) is 11.3 Å². The highest BCUT2D eigenvalue weighted by molar-refractivity contribution is 5.89. The number of fused-ring (bicyclic) bond motifs is 1. The van der Waals surface area contributed by atoms with Gasteiger partial charge in [0.2, 0.25) is 0 Å². The number of nitrogens with zero attached hydrogens (tertiary/aromatic N) is 1. The van der Waals surface area contributed by atoms with Gasteiger partial charge in [0, 0.05) is 23.7 Å². The van der Waals surface area contributed by atoms with Crippen LogP contribution in [0.3, 0.4) is 0 Å². The number of para-hydroxylation sites is 1. The largest absolute Gasteiger partial charge is 0.495 e. The van der Waals surface area contributed by atoms with Crippen LogP contribution in [0.1, 0.15) is 38.4 Å². The van der Waals surface area contributed by atoms with Crippen LogP contribution in [-0.4, -0.2) is 11.7 Å². The first-order valence-electron chi connectivity index (χ1n) is 5.99. The molecule has 1 heterocycles. The minimum Gasteiger partial charge on any atom is -0.495 e. The van der Waals surface area contributed by atoms with Crippen LogP contribution in [0.25, 0.3) is 10.9 Å². The Morgan fingerprint density at radius 3 is 2.47 bits per heavy atom. The van der Waals surface area contributed by atoms with Gasteiger partial charge in [-0.15, -0.1) is 0 Å². The van der Waals surface area contributed by atoms with Crippen molar-refractivity contribution in [2.75, 3.05) is 7.11 Å². The van der Waals surface area contributed by atoms with Crippen molar-refractivity contribution in [1.82, 2.24) is 4.57 Å². The Labute approximate surface area is 102 Å². The lowest BCUT2D eigenvalue weighted by Crippen LogP contribution is -2.04. The molecule has 0 fully saturated rings. The summed E-state index contributed by atoms with van der Waals surface area (Å²) in [5.74, 6) is 0.906. The molecular weight excluding hydrogens is 212 g/mol. The third kappa shape index (κ3) is 1.91. The van der Waals surface area contributed by atoms with E-state index in [1.807, 2.05) is 19.1 Å². The highest BCUT2D eigenvalue weighted by Gasteiger charge is 2.16. The van der Waals surface area contributed by atoms with Gasteiger partial charge in [-0.1, -0.05) is 12.1 Å². The van der Waals surface area contributed by atoms with Crippen molar-refractivity contribution >= 4 is 10.9 Å². The van der Waals surface area contributed by atoms with Crippen molar-refractivity contribution in [2.45, 2.75) is 32.9 Å². The fraction of sp³-hybridized carbons (Fsp3) is 0.429. The van der Waals surface area contributed by atoms with E-state index < -0.39 is 0 Å². The molecule has 2 N–H and O–H groups in total. The number of aromatic nitrogens is 1. The number of ether oxygens (including phenoxy) is 1. The summed E-state index contributed by atoms with van der Waals surface area (Å²) in [6, 6.07) is 6.53. The number of nitrogens with two attached hydrogens (primary N) is 1. The fourth-order valence-corrected chi connectivity index (χ4v) is 2.24. The van der Waals surface area contributed by atoms with Gasteiger partial charge in [-0.05, 0) is 32.4 Å². The van der Waals surface area contributed by atoms with Gasteiger partial charge in [0.25, 0.3) is 0 Å². The number of rotatable bonds is 3. The van der Waals surface area contributed by atoms with Crippen LogP contribution in [0.15, 0.2) is 24.4 Å². The Bertz CT molecular complexity index is 526. The molecule has 0 saturated heterocycles. The predicted molar refractivity (Wildman–Crippen MR) is 71.5 cm³/mol. The van der Waals surface area contributed by atoms with Gasteiger partial charge < -0.3 is 15.0 Å². The van der Waals surface area contributed by atoms with Crippen LogP contribution in [-0.2, 0) is 0 Å². The Morgan fingerprint density at radius 2 is 1.94 bits per heavy atom. The Morgan fingerprint density at radius 1 is 1.24 bits per heavy atom. The van der Waals surface area contributed by atoms with E-state index in [0.29, 0.717) is 6.04 Å². The lowest BCUT2D eigenvalue weighted by molar-refractivity contribution is 0.416. The van der Waals surface area contributed by atoms with E-state index in [2.05, 4.69) is 30.7 Å². The summed E-state index contributed by atoms with van der Waals surface area (Å²) in [5.41, 5.74) is 8.34. The molecule has 3 heteroatoms. The van der Waals surface area contributed by atoms with Gasteiger partial charge >= 0.3 is 0 Å². The fourth-order valence-electron chi connectivity index (χ4n) is 2.24. The maximum atomic E-state index is 6.03. The summed E-state index contributed by atoms with van der Waals surface area (Å²) in [6.45, 7) is 6.34. The quantitative estimate of drug-likeness (QED) is 0.882. The van der Waals surface area contributed by atoms with Gasteiger partial charge in [-0.3, -0.25) is 0 Å². The summed E-state index contributed by atoms with van der Waals surface area (Å²) in [6.07, 6.45) is 2.14. The summed E-state index contributed by atoms with van der Waals surface area (Å²) in [5, 5.41) is 1.19. The maximum absolute atomic E-state index is 6.03. The topological polar surface area (TPSA) is 40.2 Å². The van der Waals surface area contributed by atoms with Crippen molar-refractivity contribution < 1.29 is 4.74 Å². The second-order valence-electron chi connectivity index (χ2n) is 4.73. The van der Waals surface area contributed by atoms with Gasteiger partial charge in [-0.2, -0.15) is 0 Å². The highest BCUT2D eigenvalue weighted by atomic mass is 16.5. The molecule has 0 aliphatic heterocycles. The zero-order chi connectivity index (χ0) is 12.6. The molecule has 3 nitrogen and oxygen atoms in total. The minimum atomic E-state index is 0.0320. The zero-order valence-electron chi connectivity index (χ0n) is 10.9. The monoisotopic (exact) mass is 232 g/mol. The van der Waals surface area contributed by atoms with Gasteiger partial charge in [0.05, 0.1) is 12.6 Å².